The monoisotopic (exact) mass is 265 g/mol. The molecule has 3 nitrogen and oxygen atoms in total. The van der Waals surface area contributed by atoms with Crippen LogP contribution in [0.4, 0.5) is 5.82 Å². The van der Waals surface area contributed by atoms with E-state index in [9.17, 15) is 5.26 Å². The van der Waals surface area contributed by atoms with Gasteiger partial charge in [-0.3, -0.25) is 0 Å². The van der Waals surface area contributed by atoms with Crippen molar-refractivity contribution < 1.29 is 0 Å². The Balaban J connectivity index is 1.80. The molecule has 1 N–H and O–H groups in total. The van der Waals surface area contributed by atoms with Gasteiger partial charge in [-0.2, -0.15) is 5.26 Å². The lowest BCUT2D eigenvalue weighted by Crippen LogP contribution is -2.12. The molecule has 1 aromatic carbocycles. The summed E-state index contributed by atoms with van der Waals surface area (Å²) in [6, 6.07) is 11.9. The molecule has 0 amide bonds. The molecule has 1 fully saturated rings. The molecule has 0 aliphatic heterocycles. The van der Waals surface area contributed by atoms with E-state index in [1.54, 1.807) is 0 Å². The summed E-state index contributed by atoms with van der Waals surface area (Å²) in [4.78, 5) is 4.60. The second-order valence-corrected chi connectivity index (χ2v) is 5.85. The smallest absolute Gasteiger partial charge is 0.127 e. The summed E-state index contributed by atoms with van der Waals surface area (Å²) < 4.78 is 0. The van der Waals surface area contributed by atoms with Crippen LogP contribution in [0.3, 0.4) is 0 Å². The molecule has 1 heterocycles. The van der Waals surface area contributed by atoms with Crippen molar-refractivity contribution >= 4 is 16.7 Å². The Morgan fingerprint density at radius 3 is 2.95 bits per heavy atom. The number of aromatic nitrogens is 1. The standard InChI is InChI=1S/C17H19N3/c1-12-6-7-13(8-12)11-19-17-9-14(10-18)15-4-2-3-5-16(15)20-17/h2-5,9,12-13H,6-8,11H2,1H3,(H,19,20). The van der Waals surface area contributed by atoms with Crippen LogP contribution in [0.1, 0.15) is 31.7 Å². The van der Waals surface area contributed by atoms with Gasteiger partial charge < -0.3 is 5.32 Å². The third-order valence-corrected chi connectivity index (χ3v) is 4.21. The Morgan fingerprint density at radius 2 is 2.20 bits per heavy atom. The molecular weight excluding hydrogens is 246 g/mol. The highest BCUT2D eigenvalue weighted by molar-refractivity contribution is 5.86. The molecule has 1 aliphatic carbocycles. The van der Waals surface area contributed by atoms with Gasteiger partial charge in [0.05, 0.1) is 17.1 Å². The third-order valence-electron chi connectivity index (χ3n) is 4.21. The zero-order valence-electron chi connectivity index (χ0n) is 11.8. The van der Waals surface area contributed by atoms with Gasteiger partial charge in [-0.25, -0.2) is 4.98 Å². The summed E-state index contributed by atoms with van der Waals surface area (Å²) in [5, 5.41) is 13.6. The Bertz CT molecular complexity index is 657. The second-order valence-electron chi connectivity index (χ2n) is 5.85. The van der Waals surface area contributed by atoms with E-state index in [2.05, 4.69) is 23.3 Å². The summed E-state index contributed by atoms with van der Waals surface area (Å²) in [6.07, 6.45) is 3.93. The van der Waals surface area contributed by atoms with Gasteiger partial charge in [0.15, 0.2) is 0 Å². The van der Waals surface area contributed by atoms with Crippen molar-refractivity contribution in [1.82, 2.24) is 4.98 Å². The van der Waals surface area contributed by atoms with Crippen LogP contribution in [0.2, 0.25) is 0 Å². The first-order valence-corrected chi connectivity index (χ1v) is 7.30. The molecule has 102 valence electrons. The van der Waals surface area contributed by atoms with Crippen LogP contribution in [0.5, 0.6) is 0 Å². The predicted octanol–water partition coefficient (Wildman–Crippen LogP) is 3.95. The zero-order valence-corrected chi connectivity index (χ0v) is 11.8. The molecule has 20 heavy (non-hydrogen) atoms. The Kier molecular flexibility index (Phi) is 3.56. The molecular formula is C17H19N3. The van der Waals surface area contributed by atoms with Gasteiger partial charge in [-0.15, -0.1) is 0 Å². The Morgan fingerprint density at radius 1 is 1.35 bits per heavy atom. The number of nitrogens with zero attached hydrogens (tertiary/aromatic N) is 2. The molecule has 1 aliphatic rings. The Hall–Kier alpha value is -2.08. The zero-order chi connectivity index (χ0) is 13.9. The van der Waals surface area contributed by atoms with Gasteiger partial charge in [0.2, 0.25) is 0 Å². The van der Waals surface area contributed by atoms with Gasteiger partial charge in [-0.1, -0.05) is 31.5 Å². The largest absolute Gasteiger partial charge is 0.370 e. The predicted molar refractivity (Wildman–Crippen MR) is 81.5 cm³/mol. The van der Waals surface area contributed by atoms with Crippen LogP contribution < -0.4 is 5.32 Å². The number of fused-ring (bicyclic) bond motifs is 1. The minimum absolute atomic E-state index is 0.692. The summed E-state index contributed by atoms with van der Waals surface area (Å²) in [7, 11) is 0. The first kappa shape index (κ1) is 12.9. The lowest BCUT2D eigenvalue weighted by molar-refractivity contribution is 0.536. The average molecular weight is 265 g/mol. The van der Waals surface area contributed by atoms with Gasteiger partial charge in [0.1, 0.15) is 5.82 Å². The van der Waals surface area contributed by atoms with Crippen molar-refractivity contribution in [1.29, 1.82) is 5.26 Å². The van der Waals surface area contributed by atoms with E-state index in [-0.39, 0.29) is 0 Å². The lowest BCUT2D eigenvalue weighted by atomic mass is 10.1. The number of benzene rings is 1. The number of hydrogen-bond acceptors (Lipinski definition) is 3. The van der Waals surface area contributed by atoms with E-state index >= 15 is 0 Å². The van der Waals surface area contributed by atoms with Crippen molar-refractivity contribution in [3.63, 3.8) is 0 Å². The van der Waals surface area contributed by atoms with E-state index in [4.69, 9.17) is 0 Å². The summed E-state index contributed by atoms with van der Waals surface area (Å²) in [5.41, 5.74) is 1.58. The van der Waals surface area contributed by atoms with E-state index in [0.29, 0.717) is 5.56 Å². The van der Waals surface area contributed by atoms with E-state index < -0.39 is 0 Å². The summed E-state index contributed by atoms with van der Waals surface area (Å²) in [5.74, 6) is 2.41. The molecule has 2 aromatic rings. The number of anilines is 1. The van der Waals surface area contributed by atoms with Crippen molar-refractivity contribution in [2.45, 2.75) is 26.2 Å². The third kappa shape index (κ3) is 2.60. The fourth-order valence-electron chi connectivity index (χ4n) is 3.12. The van der Waals surface area contributed by atoms with E-state index in [1.807, 2.05) is 30.3 Å². The summed E-state index contributed by atoms with van der Waals surface area (Å²) in [6.45, 7) is 3.28. The molecule has 0 spiro atoms. The molecule has 3 heteroatoms. The van der Waals surface area contributed by atoms with Crippen LogP contribution in [0.15, 0.2) is 30.3 Å². The summed E-state index contributed by atoms with van der Waals surface area (Å²) >= 11 is 0. The Labute approximate surface area is 119 Å². The minimum Gasteiger partial charge on any atom is -0.370 e. The molecule has 1 saturated carbocycles. The normalized spacial score (nSPS) is 21.8. The van der Waals surface area contributed by atoms with Crippen LogP contribution in [-0.2, 0) is 0 Å². The van der Waals surface area contributed by atoms with Crippen LogP contribution in [0, 0.1) is 23.2 Å². The van der Waals surface area contributed by atoms with Gasteiger partial charge in [-0.05, 0) is 36.8 Å². The van der Waals surface area contributed by atoms with Crippen molar-refractivity contribution in [2.24, 2.45) is 11.8 Å². The van der Waals surface area contributed by atoms with Gasteiger partial charge >= 0.3 is 0 Å². The minimum atomic E-state index is 0.692. The number of nitrogens with one attached hydrogen (secondary N) is 1. The lowest BCUT2D eigenvalue weighted by Gasteiger charge is -2.12. The highest BCUT2D eigenvalue weighted by Gasteiger charge is 2.21. The molecule has 2 unspecified atom stereocenters. The molecule has 1 aromatic heterocycles. The van der Waals surface area contributed by atoms with E-state index in [0.717, 1.165) is 35.1 Å². The number of pyridine rings is 1. The second kappa shape index (κ2) is 5.50. The molecule has 0 radical (unpaired) electrons. The maximum atomic E-state index is 9.27. The molecule has 0 bridgehead atoms. The topological polar surface area (TPSA) is 48.7 Å². The maximum Gasteiger partial charge on any atom is 0.127 e. The van der Waals surface area contributed by atoms with E-state index in [1.165, 1.54) is 19.3 Å². The first-order chi connectivity index (χ1) is 9.76. The highest BCUT2D eigenvalue weighted by Crippen LogP contribution is 2.30. The molecule has 3 rings (SSSR count). The number of rotatable bonds is 3. The van der Waals surface area contributed by atoms with Crippen molar-refractivity contribution in [2.75, 3.05) is 11.9 Å². The number of para-hydroxylation sites is 1. The van der Waals surface area contributed by atoms with Crippen LogP contribution in [0.25, 0.3) is 10.9 Å². The van der Waals surface area contributed by atoms with Gasteiger partial charge in [0, 0.05) is 11.9 Å². The SMILES string of the molecule is CC1CCC(CNc2cc(C#N)c3ccccc3n2)C1. The van der Waals surface area contributed by atoms with Gasteiger partial charge in [0.25, 0.3) is 0 Å². The maximum absolute atomic E-state index is 9.27. The van der Waals surface area contributed by atoms with Crippen LogP contribution >= 0.6 is 0 Å². The number of nitriles is 1. The number of hydrogen-bond donors (Lipinski definition) is 1. The van der Waals surface area contributed by atoms with Crippen molar-refractivity contribution in [3.05, 3.63) is 35.9 Å². The fourth-order valence-corrected chi connectivity index (χ4v) is 3.12. The average Bonchev–Trinajstić information content (AvgIpc) is 2.90. The molecule has 2 atom stereocenters. The first-order valence-electron chi connectivity index (χ1n) is 7.30. The molecule has 0 saturated heterocycles. The van der Waals surface area contributed by atoms with Crippen molar-refractivity contribution in [3.8, 4) is 6.07 Å². The van der Waals surface area contributed by atoms with Crippen LogP contribution in [-0.4, -0.2) is 11.5 Å². The highest BCUT2D eigenvalue weighted by atomic mass is 15.0. The quantitative estimate of drug-likeness (QED) is 0.914. The fraction of sp³-hybridized carbons (Fsp3) is 0.412.